The fourth-order valence-corrected chi connectivity index (χ4v) is 2.34. The summed E-state index contributed by atoms with van der Waals surface area (Å²) in [7, 11) is 0. The van der Waals surface area contributed by atoms with Crippen molar-refractivity contribution in [1.29, 1.82) is 0 Å². The van der Waals surface area contributed by atoms with Gasteiger partial charge >= 0.3 is 0 Å². The highest BCUT2D eigenvalue weighted by atomic mass is 19.3. The summed E-state index contributed by atoms with van der Waals surface area (Å²) in [6.45, 7) is 4.88. The highest BCUT2D eigenvalue weighted by Gasteiger charge is 2.26. The van der Waals surface area contributed by atoms with Gasteiger partial charge < -0.3 is 0 Å². The molecule has 110 valence electrons. The van der Waals surface area contributed by atoms with E-state index in [1.165, 1.54) is 38.2 Å². The number of rotatable bonds is 2. The Morgan fingerprint density at radius 1 is 1.11 bits per heavy atom. The molecule has 0 radical (unpaired) electrons. The summed E-state index contributed by atoms with van der Waals surface area (Å²) in [5.74, 6) is -2.30. The second-order valence-electron chi connectivity index (χ2n) is 4.70. The topological polar surface area (TPSA) is 12.9 Å². The van der Waals surface area contributed by atoms with Crippen molar-refractivity contribution in [2.45, 2.75) is 72.1 Å². The summed E-state index contributed by atoms with van der Waals surface area (Å²) in [6, 6.07) is 3.28. The van der Waals surface area contributed by atoms with Crippen molar-refractivity contribution >= 4 is 0 Å². The number of hydrogen-bond donors (Lipinski definition) is 0. The van der Waals surface area contributed by atoms with Crippen LogP contribution < -0.4 is 0 Å². The predicted molar refractivity (Wildman–Crippen MR) is 77.7 cm³/mol. The van der Waals surface area contributed by atoms with E-state index in [1.54, 1.807) is 6.20 Å². The summed E-state index contributed by atoms with van der Waals surface area (Å²) in [6.07, 6.45) is 7.76. The third kappa shape index (κ3) is 5.25. The Morgan fingerprint density at radius 2 is 1.68 bits per heavy atom. The van der Waals surface area contributed by atoms with Gasteiger partial charge in [-0.3, -0.25) is 4.98 Å². The summed E-state index contributed by atoms with van der Waals surface area (Å²) in [5.41, 5.74) is 0.986. The molecule has 1 aromatic heterocycles. The van der Waals surface area contributed by atoms with E-state index >= 15 is 0 Å². The van der Waals surface area contributed by atoms with Gasteiger partial charge in [-0.2, -0.15) is 8.78 Å². The second-order valence-corrected chi connectivity index (χ2v) is 4.70. The maximum absolute atomic E-state index is 13.0. The van der Waals surface area contributed by atoms with Gasteiger partial charge in [-0.25, -0.2) is 0 Å². The maximum atomic E-state index is 13.0. The monoisotopic (exact) mass is 271 g/mol. The molecule has 1 nitrogen and oxygen atoms in total. The van der Waals surface area contributed by atoms with Gasteiger partial charge in [-0.05, 0) is 30.4 Å². The van der Waals surface area contributed by atoms with Crippen molar-refractivity contribution in [2.75, 3.05) is 0 Å². The van der Waals surface area contributed by atoms with Crippen LogP contribution in [0, 0.1) is 0 Å². The molecule has 0 unspecified atom stereocenters. The van der Waals surface area contributed by atoms with E-state index in [0.717, 1.165) is 12.5 Å². The van der Waals surface area contributed by atoms with Crippen molar-refractivity contribution in [1.82, 2.24) is 4.98 Å². The van der Waals surface area contributed by atoms with Crippen molar-refractivity contribution in [3.63, 3.8) is 0 Å². The molecular formula is C16H27F2N. The largest absolute Gasteiger partial charge is 0.286 e. The highest BCUT2D eigenvalue weighted by molar-refractivity contribution is 5.20. The van der Waals surface area contributed by atoms with Crippen LogP contribution in [0.3, 0.4) is 0 Å². The van der Waals surface area contributed by atoms with Crippen molar-refractivity contribution < 1.29 is 8.78 Å². The van der Waals surface area contributed by atoms with Crippen molar-refractivity contribution in [3.05, 3.63) is 29.6 Å². The molecule has 19 heavy (non-hydrogen) atoms. The molecular weight excluding hydrogens is 244 g/mol. The number of alkyl halides is 2. The van der Waals surface area contributed by atoms with E-state index in [1.807, 2.05) is 19.9 Å². The van der Waals surface area contributed by atoms with Crippen molar-refractivity contribution in [2.24, 2.45) is 0 Å². The first-order valence-electron chi connectivity index (χ1n) is 6.91. The van der Waals surface area contributed by atoms with Crippen LogP contribution in [0.4, 0.5) is 8.78 Å². The lowest BCUT2D eigenvalue weighted by atomic mass is 9.85. The zero-order chi connectivity index (χ0) is 13.6. The zero-order valence-corrected chi connectivity index (χ0v) is 11.5. The van der Waals surface area contributed by atoms with Gasteiger partial charge in [0.1, 0.15) is 5.69 Å². The van der Waals surface area contributed by atoms with Gasteiger partial charge in [0.05, 0.1) is 0 Å². The van der Waals surface area contributed by atoms with Crippen LogP contribution in [-0.4, -0.2) is 4.98 Å². The first-order chi connectivity index (χ1) is 8.57. The molecule has 3 heteroatoms. The van der Waals surface area contributed by atoms with E-state index in [4.69, 9.17) is 0 Å². The number of pyridine rings is 1. The molecule has 1 fully saturated rings. The highest BCUT2D eigenvalue weighted by Crippen LogP contribution is 2.33. The normalized spacial score (nSPS) is 16.1. The van der Waals surface area contributed by atoms with Gasteiger partial charge in [0, 0.05) is 13.1 Å². The lowest BCUT2D eigenvalue weighted by Gasteiger charge is -2.22. The summed E-state index contributed by atoms with van der Waals surface area (Å²) in [4.78, 5) is 3.88. The molecule has 0 atom stereocenters. The average molecular weight is 271 g/mol. The average Bonchev–Trinajstić information content (AvgIpc) is 2.41. The molecule has 1 aliphatic rings. The van der Waals surface area contributed by atoms with Gasteiger partial charge in [-0.15, -0.1) is 0 Å². The molecule has 0 N–H and O–H groups in total. The fourth-order valence-electron chi connectivity index (χ4n) is 2.34. The summed E-state index contributed by atoms with van der Waals surface area (Å²) in [5, 5.41) is 0. The van der Waals surface area contributed by atoms with Crippen LogP contribution in [0.25, 0.3) is 0 Å². The maximum Gasteiger partial charge on any atom is 0.286 e. The van der Waals surface area contributed by atoms with Crippen LogP contribution in [0.2, 0.25) is 0 Å². The van der Waals surface area contributed by atoms with E-state index in [9.17, 15) is 8.78 Å². The summed E-state index contributed by atoms with van der Waals surface area (Å²) >= 11 is 0. The molecule has 0 aliphatic heterocycles. The van der Waals surface area contributed by atoms with Gasteiger partial charge in [0.2, 0.25) is 0 Å². The molecule has 0 aromatic carbocycles. The number of nitrogens with zero attached hydrogens (tertiary/aromatic N) is 1. The summed E-state index contributed by atoms with van der Waals surface area (Å²) < 4.78 is 25.9. The predicted octanol–water partition coefficient (Wildman–Crippen LogP) is 5.90. The van der Waals surface area contributed by atoms with E-state index in [-0.39, 0.29) is 13.1 Å². The Hall–Kier alpha value is -0.990. The molecule has 2 rings (SSSR count). The molecule has 1 aliphatic carbocycles. The quantitative estimate of drug-likeness (QED) is 0.652. The van der Waals surface area contributed by atoms with Gasteiger partial charge in [0.25, 0.3) is 5.92 Å². The van der Waals surface area contributed by atoms with E-state index < -0.39 is 5.92 Å². The minimum atomic E-state index is -2.83. The minimum absolute atomic E-state index is 0. The second kappa shape index (κ2) is 8.23. The van der Waals surface area contributed by atoms with Crippen molar-refractivity contribution in [3.8, 4) is 0 Å². The standard InChI is InChI=1S/C13H17F2N.C2H6.CH4/c1-13(14,15)12-8-7-11(9-16-12)10-5-3-2-4-6-10;1-2;/h7-10H,2-6H2,1H3;1-2H3;1H4. The lowest BCUT2D eigenvalue weighted by molar-refractivity contribution is 0.0127. The molecule has 0 spiro atoms. The van der Waals surface area contributed by atoms with Crippen LogP contribution in [0.5, 0.6) is 0 Å². The minimum Gasteiger partial charge on any atom is -0.255 e. The molecule has 1 aromatic rings. The third-order valence-corrected chi connectivity index (χ3v) is 3.31. The first kappa shape index (κ1) is 18.0. The Morgan fingerprint density at radius 3 is 2.11 bits per heavy atom. The van der Waals surface area contributed by atoms with E-state index in [2.05, 4.69) is 4.98 Å². The molecule has 0 saturated heterocycles. The lowest BCUT2D eigenvalue weighted by Crippen LogP contribution is -2.11. The number of hydrogen-bond acceptors (Lipinski definition) is 1. The molecule has 0 bridgehead atoms. The fraction of sp³-hybridized carbons (Fsp3) is 0.688. The van der Waals surface area contributed by atoms with Crippen LogP contribution in [0.15, 0.2) is 18.3 Å². The zero-order valence-electron chi connectivity index (χ0n) is 11.5. The number of aromatic nitrogens is 1. The first-order valence-corrected chi connectivity index (χ1v) is 6.91. The van der Waals surface area contributed by atoms with Crippen LogP contribution in [0.1, 0.15) is 77.5 Å². The number of halogens is 2. The third-order valence-electron chi connectivity index (χ3n) is 3.31. The Labute approximate surface area is 116 Å². The van der Waals surface area contributed by atoms with Crippen LogP contribution in [-0.2, 0) is 5.92 Å². The smallest absolute Gasteiger partial charge is 0.255 e. The molecule has 0 amide bonds. The SMILES string of the molecule is C.CC.CC(F)(F)c1ccc(C2CCCCC2)cn1. The van der Waals surface area contributed by atoms with Gasteiger partial charge in [-0.1, -0.05) is 46.6 Å². The molecule has 1 saturated carbocycles. The van der Waals surface area contributed by atoms with E-state index in [0.29, 0.717) is 5.92 Å². The van der Waals surface area contributed by atoms with Gasteiger partial charge in [0.15, 0.2) is 0 Å². The Balaban J connectivity index is 0.00000103. The molecule has 1 heterocycles. The van der Waals surface area contributed by atoms with Crippen LogP contribution >= 0.6 is 0 Å². The Bertz CT molecular complexity index is 335. The Kier molecular flexibility index (Phi) is 7.81.